The van der Waals surface area contributed by atoms with Crippen LogP contribution in [0.5, 0.6) is 5.75 Å². The average Bonchev–Trinajstić information content (AvgIpc) is 3.22. The van der Waals surface area contributed by atoms with Gasteiger partial charge in [0.15, 0.2) is 0 Å². The maximum atomic E-state index is 12.4. The monoisotopic (exact) mass is 350 g/mol. The molecule has 0 aromatic carbocycles. The molecule has 0 atom stereocenters. The third-order valence-corrected chi connectivity index (χ3v) is 4.41. The molecule has 25 heavy (non-hydrogen) atoms. The van der Waals surface area contributed by atoms with Gasteiger partial charge in [0.05, 0.1) is 36.2 Å². The molecule has 0 aliphatic heterocycles. The number of aromatic nitrogens is 3. The van der Waals surface area contributed by atoms with Gasteiger partial charge in [-0.15, -0.1) is 0 Å². The lowest BCUT2D eigenvalue weighted by Gasteiger charge is -2.12. The molecule has 0 saturated heterocycles. The summed E-state index contributed by atoms with van der Waals surface area (Å²) in [5.74, 6) is -0.241. The summed E-state index contributed by atoms with van der Waals surface area (Å²) in [6, 6.07) is 3.31. The van der Waals surface area contributed by atoms with Crippen LogP contribution in [0.1, 0.15) is 53.5 Å². The highest BCUT2D eigenvalue weighted by molar-refractivity contribution is 5.94. The van der Waals surface area contributed by atoms with E-state index in [2.05, 4.69) is 20.1 Å². The van der Waals surface area contributed by atoms with Crippen molar-refractivity contribution in [3.63, 3.8) is 0 Å². The Hall–Kier alpha value is -2.51. The molecule has 0 radical (unpaired) electrons. The number of hydrogen-bond donors (Lipinski definition) is 1. The second-order valence-corrected chi connectivity index (χ2v) is 6.07. The Morgan fingerprint density at radius 2 is 2.12 bits per heavy atom. The van der Waals surface area contributed by atoms with Crippen molar-refractivity contribution in [1.82, 2.24) is 20.1 Å². The Morgan fingerprint density at radius 3 is 2.76 bits per heavy atom. The van der Waals surface area contributed by atoms with Gasteiger partial charge in [0.1, 0.15) is 5.75 Å². The van der Waals surface area contributed by atoms with Gasteiger partial charge in [-0.05, 0) is 31.9 Å². The van der Waals surface area contributed by atoms with E-state index in [0.717, 1.165) is 18.5 Å². The summed E-state index contributed by atoms with van der Waals surface area (Å²) in [4.78, 5) is 16.4. The smallest absolute Gasteiger partial charge is 0.387 e. The number of ether oxygens (including phenoxy) is 1. The minimum atomic E-state index is -2.88. The zero-order valence-electron chi connectivity index (χ0n) is 13.9. The quantitative estimate of drug-likeness (QED) is 0.868. The van der Waals surface area contributed by atoms with Crippen molar-refractivity contribution in [2.24, 2.45) is 0 Å². The minimum Gasteiger partial charge on any atom is -0.433 e. The van der Waals surface area contributed by atoms with Crippen LogP contribution in [0.15, 0.2) is 24.5 Å². The molecule has 1 aliphatic carbocycles. The second-order valence-electron chi connectivity index (χ2n) is 6.07. The zero-order chi connectivity index (χ0) is 17.8. The number of carbonyl (C=O) groups excluding carboxylic acids is 1. The average molecular weight is 350 g/mol. The summed E-state index contributed by atoms with van der Waals surface area (Å²) in [5, 5.41) is 7.14. The van der Waals surface area contributed by atoms with Crippen LogP contribution in [0.25, 0.3) is 0 Å². The van der Waals surface area contributed by atoms with Crippen molar-refractivity contribution in [3.8, 4) is 5.75 Å². The molecule has 134 valence electrons. The van der Waals surface area contributed by atoms with Gasteiger partial charge in [-0.1, -0.05) is 12.8 Å². The van der Waals surface area contributed by atoms with Gasteiger partial charge >= 0.3 is 6.61 Å². The van der Waals surface area contributed by atoms with Crippen LogP contribution in [0.4, 0.5) is 8.78 Å². The predicted octanol–water partition coefficient (Wildman–Crippen LogP) is 3.23. The molecule has 3 rings (SSSR count). The first-order chi connectivity index (χ1) is 12.0. The molecular weight excluding hydrogens is 330 g/mol. The van der Waals surface area contributed by atoms with Crippen molar-refractivity contribution in [2.75, 3.05) is 0 Å². The van der Waals surface area contributed by atoms with Crippen LogP contribution >= 0.6 is 0 Å². The molecule has 2 aromatic heterocycles. The number of rotatable bonds is 6. The second kappa shape index (κ2) is 7.58. The highest BCUT2D eigenvalue weighted by Gasteiger charge is 2.22. The third kappa shape index (κ3) is 4.12. The van der Waals surface area contributed by atoms with Gasteiger partial charge in [0, 0.05) is 5.69 Å². The van der Waals surface area contributed by atoms with Gasteiger partial charge < -0.3 is 10.1 Å². The first-order valence-electron chi connectivity index (χ1n) is 8.26. The highest BCUT2D eigenvalue weighted by Crippen LogP contribution is 2.30. The van der Waals surface area contributed by atoms with Crippen LogP contribution in [0.3, 0.4) is 0 Å². The molecule has 0 spiro atoms. The molecule has 1 fully saturated rings. The standard InChI is InChI=1S/C17H20F2N4O2/c1-11-15(10-22-23(11)13-4-2-3-5-13)16(24)21-8-12-6-7-14(9-20-12)25-17(18)19/h6-7,9-10,13,17H,2-5,8H2,1H3,(H,21,24). The SMILES string of the molecule is Cc1c(C(=O)NCc2ccc(OC(F)F)cn2)cnn1C1CCCC1. The molecule has 1 saturated carbocycles. The minimum absolute atomic E-state index is 0.0150. The highest BCUT2D eigenvalue weighted by atomic mass is 19.3. The Kier molecular flexibility index (Phi) is 5.25. The maximum Gasteiger partial charge on any atom is 0.387 e. The summed E-state index contributed by atoms with van der Waals surface area (Å²) in [6.07, 6.45) is 7.39. The molecule has 0 bridgehead atoms. The third-order valence-electron chi connectivity index (χ3n) is 4.41. The van der Waals surface area contributed by atoms with E-state index >= 15 is 0 Å². The van der Waals surface area contributed by atoms with Gasteiger partial charge in [0.25, 0.3) is 5.91 Å². The molecule has 8 heteroatoms. The van der Waals surface area contributed by atoms with Gasteiger partial charge in [-0.25, -0.2) is 0 Å². The van der Waals surface area contributed by atoms with Crippen LogP contribution in [0, 0.1) is 6.92 Å². The first-order valence-corrected chi connectivity index (χ1v) is 8.26. The van der Waals surface area contributed by atoms with E-state index in [1.54, 1.807) is 6.20 Å². The summed E-state index contributed by atoms with van der Waals surface area (Å²) in [6.45, 7) is -0.789. The van der Waals surface area contributed by atoms with E-state index in [4.69, 9.17) is 0 Å². The van der Waals surface area contributed by atoms with E-state index in [9.17, 15) is 13.6 Å². The number of halogens is 2. The number of nitrogens with one attached hydrogen (secondary N) is 1. The number of carbonyl (C=O) groups is 1. The van der Waals surface area contributed by atoms with Crippen molar-refractivity contribution in [1.29, 1.82) is 0 Å². The topological polar surface area (TPSA) is 69.0 Å². The van der Waals surface area contributed by atoms with Gasteiger partial charge in [-0.2, -0.15) is 13.9 Å². The lowest BCUT2D eigenvalue weighted by molar-refractivity contribution is -0.0500. The normalized spacial score (nSPS) is 14.9. The fourth-order valence-electron chi connectivity index (χ4n) is 3.12. The largest absolute Gasteiger partial charge is 0.433 e. The van der Waals surface area contributed by atoms with Crippen LogP contribution in [-0.4, -0.2) is 27.3 Å². The molecule has 2 heterocycles. The van der Waals surface area contributed by atoms with Crippen molar-refractivity contribution < 1.29 is 18.3 Å². The Balaban J connectivity index is 1.59. The predicted molar refractivity (Wildman–Crippen MR) is 86.5 cm³/mol. The lowest BCUT2D eigenvalue weighted by Crippen LogP contribution is -2.24. The Bertz CT molecular complexity index is 725. The van der Waals surface area contributed by atoms with Crippen molar-refractivity contribution in [2.45, 2.75) is 51.8 Å². The summed E-state index contributed by atoms with van der Waals surface area (Å²) < 4.78 is 30.4. The van der Waals surface area contributed by atoms with E-state index < -0.39 is 6.61 Å². The van der Waals surface area contributed by atoms with E-state index in [0.29, 0.717) is 17.3 Å². The molecular formula is C17H20F2N4O2. The summed E-state index contributed by atoms with van der Waals surface area (Å²) in [7, 11) is 0. The number of pyridine rings is 1. The molecule has 0 unspecified atom stereocenters. The number of alkyl halides is 2. The summed E-state index contributed by atoms with van der Waals surface area (Å²) >= 11 is 0. The van der Waals surface area contributed by atoms with E-state index in [1.807, 2.05) is 11.6 Å². The van der Waals surface area contributed by atoms with Crippen molar-refractivity contribution >= 4 is 5.91 Å². The van der Waals surface area contributed by atoms with Crippen LogP contribution in [0.2, 0.25) is 0 Å². The molecule has 2 aromatic rings. The summed E-state index contributed by atoms with van der Waals surface area (Å²) in [5.41, 5.74) is 1.96. The molecule has 1 amide bonds. The molecule has 1 N–H and O–H groups in total. The fourth-order valence-corrected chi connectivity index (χ4v) is 3.12. The Morgan fingerprint density at radius 1 is 1.36 bits per heavy atom. The lowest BCUT2D eigenvalue weighted by atomic mass is 10.2. The number of nitrogens with zero attached hydrogens (tertiary/aromatic N) is 3. The van der Waals surface area contributed by atoms with Gasteiger partial charge in [-0.3, -0.25) is 14.5 Å². The van der Waals surface area contributed by atoms with E-state index in [1.165, 1.54) is 31.2 Å². The molecule has 6 nitrogen and oxygen atoms in total. The number of hydrogen-bond acceptors (Lipinski definition) is 4. The van der Waals surface area contributed by atoms with Gasteiger partial charge in [0.2, 0.25) is 0 Å². The molecule has 1 aliphatic rings. The van der Waals surface area contributed by atoms with Crippen LogP contribution in [-0.2, 0) is 6.54 Å². The van der Waals surface area contributed by atoms with E-state index in [-0.39, 0.29) is 18.2 Å². The van der Waals surface area contributed by atoms with Crippen LogP contribution < -0.4 is 10.1 Å². The Labute approximate surface area is 144 Å². The fraction of sp³-hybridized carbons (Fsp3) is 0.471. The number of amides is 1. The first kappa shape index (κ1) is 17.3. The maximum absolute atomic E-state index is 12.4. The zero-order valence-corrected chi connectivity index (χ0v) is 13.9. The van der Waals surface area contributed by atoms with Crippen molar-refractivity contribution in [3.05, 3.63) is 41.5 Å².